The largest absolute Gasteiger partial charge is 0.462 e. The Hall–Kier alpha value is -1.91. The SMILES string of the molecule is CCCN(C(=O)[C@H]1[C@@H]2C[C@@H]3[C@H]1C(=O)O[C@@H]3C2)c1ccccc1F. The maximum Gasteiger partial charge on any atom is 0.310 e. The van der Waals surface area contributed by atoms with Gasteiger partial charge in [-0.2, -0.15) is 0 Å². The summed E-state index contributed by atoms with van der Waals surface area (Å²) in [7, 11) is 0. The van der Waals surface area contributed by atoms with Gasteiger partial charge in [0.15, 0.2) is 0 Å². The smallest absolute Gasteiger partial charge is 0.310 e. The van der Waals surface area contributed by atoms with Crippen molar-refractivity contribution in [1.82, 2.24) is 0 Å². The third-order valence-electron chi connectivity index (χ3n) is 5.62. The molecule has 23 heavy (non-hydrogen) atoms. The number of nitrogens with zero attached hydrogens (tertiary/aromatic N) is 1. The molecule has 1 aromatic rings. The fourth-order valence-corrected chi connectivity index (χ4v) is 4.76. The van der Waals surface area contributed by atoms with Crippen molar-refractivity contribution < 1.29 is 18.7 Å². The molecule has 4 rings (SSSR count). The minimum absolute atomic E-state index is 0.00892. The number of halogens is 1. The van der Waals surface area contributed by atoms with Crippen LogP contribution >= 0.6 is 0 Å². The summed E-state index contributed by atoms with van der Waals surface area (Å²) in [6.07, 6.45) is 2.41. The number of carbonyl (C=O) groups excluding carboxylic acids is 2. The Kier molecular flexibility index (Phi) is 3.39. The van der Waals surface area contributed by atoms with Crippen molar-refractivity contribution in [2.45, 2.75) is 32.3 Å². The van der Waals surface area contributed by atoms with E-state index in [1.165, 1.54) is 11.0 Å². The van der Waals surface area contributed by atoms with Crippen molar-refractivity contribution in [3.05, 3.63) is 30.1 Å². The van der Waals surface area contributed by atoms with Crippen molar-refractivity contribution in [2.24, 2.45) is 23.7 Å². The molecular formula is C18H20FNO3. The van der Waals surface area contributed by atoms with Crippen LogP contribution in [-0.4, -0.2) is 24.5 Å². The first-order valence-corrected chi connectivity index (χ1v) is 8.38. The topological polar surface area (TPSA) is 46.6 Å². The Balaban J connectivity index is 1.66. The highest BCUT2D eigenvalue weighted by Gasteiger charge is 2.64. The van der Waals surface area contributed by atoms with E-state index in [1.54, 1.807) is 18.2 Å². The maximum atomic E-state index is 14.2. The van der Waals surface area contributed by atoms with Gasteiger partial charge in [0, 0.05) is 12.5 Å². The van der Waals surface area contributed by atoms with Crippen LogP contribution in [0.25, 0.3) is 0 Å². The average Bonchev–Trinajstić information content (AvgIpc) is 3.14. The van der Waals surface area contributed by atoms with E-state index >= 15 is 0 Å². The van der Waals surface area contributed by atoms with Crippen LogP contribution in [0.15, 0.2) is 24.3 Å². The van der Waals surface area contributed by atoms with Gasteiger partial charge in [-0.1, -0.05) is 19.1 Å². The molecule has 0 spiro atoms. The Morgan fingerprint density at radius 2 is 2.13 bits per heavy atom. The van der Waals surface area contributed by atoms with Crippen molar-refractivity contribution >= 4 is 17.6 Å². The lowest BCUT2D eigenvalue weighted by Crippen LogP contribution is -2.43. The van der Waals surface area contributed by atoms with Crippen LogP contribution in [0.5, 0.6) is 0 Å². The zero-order valence-electron chi connectivity index (χ0n) is 13.1. The molecule has 0 radical (unpaired) electrons. The predicted molar refractivity (Wildman–Crippen MR) is 82.1 cm³/mol. The summed E-state index contributed by atoms with van der Waals surface area (Å²) in [6.45, 7) is 2.42. The maximum absolute atomic E-state index is 14.2. The standard InChI is InChI=1S/C18H20FNO3/c1-2-7-20(13-6-4-3-5-12(13)19)17(21)15-10-8-11-14(9-10)23-18(22)16(11)15/h3-6,10-11,14-16H,2,7-9H2,1H3/t10-,11+,14-,15+,16-/m1/s1. The number of ether oxygens (including phenoxy) is 1. The van der Waals surface area contributed by atoms with Gasteiger partial charge < -0.3 is 9.64 Å². The first-order chi connectivity index (χ1) is 11.1. The van der Waals surface area contributed by atoms with E-state index in [9.17, 15) is 14.0 Å². The van der Waals surface area contributed by atoms with Crippen LogP contribution < -0.4 is 4.90 Å². The lowest BCUT2D eigenvalue weighted by Gasteiger charge is -2.31. The van der Waals surface area contributed by atoms with E-state index in [2.05, 4.69) is 0 Å². The Morgan fingerprint density at radius 1 is 1.35 bits per heavy atom. The zero-order chi connectivity index (χ0) is 16.1. The fraction of sp³-hybridized carbons (Fsp3) is 0.556. The number of carbonyl (C=O) groups is 2. The quantitative estimate of drug-likeness (QED) is 0.802. The molecule has 2 aliphatic carbocycles. The molecule has 3 fully saturated rings. The summed E-state index contributed by atoms with van der Waals surface area (Å²) < 4.78 is 19.6. The number of esters is 1. The van der Waals surface area contributed by atoms with E-state index in [1.807, 2.05) is 6.92 Å². The molecule has 5 atom stereocenters. The number of rotatable bonds is 4. The van der Waals surface area contributed by atoms with E-state index in [-0.39, 0.29) is 41.7 Å². The fourth-order valence-electron chi connectivity index (χ4n) is 4.76. The van der Waals surface area contributed by atoms with Crippen molar-refractivity contribution in [3.63, 3.8) is 0 Å². The number of fused-ring (bicyclic) bond motifs is 1. The molecule has 1 saturated heterocycles. The number of amides is 1. The first kappa shape index (κ1) is 14.7. The summed E-state index contributed by atoms with van der Waals surface area (Å²) in [6, 6.07) is 6.34. The first-order valence-electron chi connectivity index (χ1n) is 8.38. The second kappa shape index (κ2) is 5.32. The van der Waals surface area contributed by atoms with Crippen LogP contribution in [-0.2, 0) is 14.3 Å². The summed E-state index contributed by atoms with van der Waals surface area (Å²) in [5.74, 6) is -1.04. The summed E-state index contributed by atoms with van der Waals surface area (Å²) in [4.78, 5) is 26.8. The average molecular weight is 317 g/mol. The molecule has 5 heteroatoms. The van der Waals surface area contributed by atoms with Crippen LogP contribution in [0.3, 0.4) is 0 Å². The number of para-hydroxylation sites is 1. The third kappa shape index (κ3) is 2.09. The van der Waals surface area contributed by atoms with E-state index in [0.29, 0.717) is 12.2 Å². The summed E-state index contributed by atoms with van der Waals surface area (Å²) >= 11 is 0. The van der Waals surface area contributed by atoms with E-state index < -0.39 is 5.82 Å². The van der Waals surface area contributed by atoms with Gasteiger partial charge in [0.1, 0.15) is 11.9 Å². The van der Waals surface area contributed by atoms with Crippen LogP contribution in [0.1, 0.15) is 26.2 Å². The van der Waals surface area contributed by atoms with Crippen molar-refractivity contribution in [3.8, 4) is 0 Å². The van der Waals surface area contributed by atoms with Gasteiger partial charge >= 0.3 is 5.97 Å². The Labute approximate surface area is 134 Å². The van der Waals surface area contributed by atoms with Crippen LogP contribution in [0, 0.1) is 29.5 Å². The minimum Gasteiger partial charge on any atom is -0.462 e. The second-order valence-electron chi connectivity index (χ2n) is 6.86. The molecular weight excluding hydrogens is 297 g/mol. The van der Waals surface area contributed by atoms with E-state index in [0.717, 1.165) is 19.3 Å². The zero-order valence-corrected chi connectivity index (χ0v) is 13.1. The van der Waals surface area contributed by atoms with Crippen LogP contribution in [0.4, 0.5) is 10.1 Å². The van der Waals surface area contributed by atoms with E-state index in [4.69, 9.17) is 4.74 Å². The normalized spacial score (nSPS) is 33.8. The number of benzene rings is 1. The molecule has 4 nitrogen and oxygen atoms in total. The summed E-state index contributed by atoms with van der Waals surface area (Å²) in [5.41, 5.74) is 0.310. The van der Waals surface area contributed by atoms with Gasteiger partial charge in [-0.3, -0.25) is 9.59 Å². The lowest BCUT2D eigenvalue weighted by molar-refractivity contribution is -0.145. The molecule has 122 valence electrons. The molecule has 3 aliphatic rings. The minimum atomic E-state index is -0.399. The number of anilines is 1. The van der Waals surface area contributed by atoms with Gasteiger partial charge in [0.2, 0.25) is 5.91 Å². The Bertz CT molecular complexity index is 659. The molecule has 1 aliphatic heterocycles. The summed E-state index contributed by atoms with van der Waals surface area (Å²) in [5, 5.41) is 0. The lowest BCUT2D eigenvalue weighted by atomic mass is 9.79. The number of hydrogen-bond donors (Lipinski definition) is 0. The molecule has 1 heterocycles. The second-order valence-corrected chi connectivity index (χ2v) is 6.86. The van der Waals surface area contributed by atoms with Gasteiger partial charge in [-0.15, -0.1) is 0 Å². The highest BCUT2D eigenvalue weighted by atomic mass is 19.1. The molecule has 0 aromatic heterocycles. The molecule has 1 amide bonds. The predicted octanol–water partition coefficient (Wildman–Crippen LogP) is 2.77. The molecule has 2 saturated carbocycles. The third-order valence-corrected chi connectivity index (χ3v) is 5.62. The Morgan fingerprint density at radius 3 is 2.87 bits per heavy atom. The molecule has 2 bridgehead atoms. The highest BCUT2D eigenvalue weighted by Crippen LogP contribution is 2.58. The van der Waals surface area contributed by atoms with Gasteiger partial charge in [0.05, 0.1) is 17.5 Å². The monoisotopic (exact) mass is 317 g/mol. The highest BCUT2D eigenvalue weighted by molar-refractivity contribution is 5.98. The van der Waals surface area contributed by atoms with Crippen molar-refractivity contribution in [2.75, 3.05) is 11.4 Å². The van der Waals surface area contributed by atoms with Crippen LogP contribution in [0.2, 0.25) is 0 Å². The number of hydrogen-bond acceptors (Lipinski definition) is 3. The molecule has 0 N–H and O–H groups in total. The van der Waals surface area contributed by atoms with Gasteiger partial charge in [-0.05, 0) is 37.3 Å². The molecule has 0 unspecified atom stereocenters. The van der Waals surface area contributed by atoms with Gasteiger partial charge in [-0.25, -0.2) is 4.39 Å². The van der Waals surface area contributed by atoms with Crippen molar-refractivity contribution in [1.29, 1.82) is 0 Å². The van der Waals surface area contributed by atoms with Gasteiger partial charge in [0.25, 0.3) is 0 Å². The molecule has 1 aromatic carbocycles.